The van der Waals surface area contributed by atoms with Crippen molar-refractivity contribution in [3.05, 3.63) is 109 Å². The van der Waals surface area contributed by atoms with E-state index < -0.39 is 0 Å². The Hall–Kier alpha value is -4.19. The number of pyridine rings is 1. The molecule has 8 heteroatoms. The number of hydrogen-bond donors (Lipinski definition) is 0. The Morgan fingerprint density at radius 1 is 0.667 bits per heavy atom. The molecule has 216 valence electrons. The minimum Gasteiger partial charge on any atom is -0.294 e. The van der Waals surface area contributed by atoms with Crippen LogP contribution in [-0.4, -0.2) is 15.2 Å². The molecule has 4 nitrogen and oxygen atoms in total. The van der Waals surface area contributed by atoms with E-state index >= 15 is 0 Å². The van der Waals surface area contributed by atoms with Gasteiger partial charge in [-0.2, -0.15) is 0 Å². The predicted octanol–water partition coefficient (Wildman–Crippen LogP) is 11.5. The molecule has 9 aromatic rings. The minimum atomic E-state index is -0.241. The summed E-state index contributed by atoms with van der Waals surface area (Å²) in [6, 6.07) is 19.0. The van der Waals surface area contributed by atoms with E-state index in [4.69, 9.17) is 51.4 Å². The number of carbonyl (C=O) groups excluding carboxylic acids is 1. The summed E-state index contributed by atoms with van der Waals surface area (Å²) >= 11 is 28.6. The summed E-state index contributed by atoms with van der Waals surface area (Å²) < 4.78 is 1.64. The van der Waals surface area contributed by atoms with Crippen molar-refractivity contribution in [2.75, 3.05) is 0 Å². The lowest BCUT2D eigenvalue weighted by atomic mass is 9.83. The van der Waals surface area contributed by atoms with Gasteiger partial charge in [0.15, 0.2) is 5.78 Å². The molecule has 7 aromatic carbocycles. The van der Waals surface area contributed by atoms with Crippen molar-refractivity contribution in [3.8, 4) is 0 Å². The Bertz CT molecular complexity index is 2870. The van der Waals surface area contributed by atoms with Crippen LogP contribution in [0.5, 0.6) is 0 Å². The third-order valence-corrected chi connectivity index (χ3v) is 10.3. The zero-order valence-corrected chi connectivity index (χ0v) is 26.7. The molecular formula is C37H18Cl4N2O2. The highest BCUT2D eigenvalue weighted by Gasteiger charge is 2.28. The van der Waals surface area contributed by atoms with Crippen LogP contribution in [0.1, 0.15) is 29.8 Å². The topological polar surface area (TPSA) is 51.4 Å². The molecular weight excluding hydrogens is 646 g/mol. The number of Topliss-reactive ketones (excluding diaryl/α,β-unsaturated/α-hetero) is 1. The maximum atomic E-state index is 14.4. The molecule has 0 bridgehead atoms. The SMILES string of the molecule is C=C(C)c1cc(Cl)c2c3c(Cl)cc4c(=O)n5c6cc7ccccc7cc6nc5c5cc(Cl)c(c6c(Cl)cc(C(C)=O)c1c26)c3c45. The van der Waals surface area contributed by atoms with E-state index in [2.05, 4.69) is 6.58 Å². The Morgan fingerprint density at radius 2 is 1.20 bits per heavy atom. The van der Waals surface area contributed by atoms with Gasteiger partial charge in [0.25, 0.3) is 5.56 Å². The molecule has 0 amide bonds. The highest BCUT2D eigenvalue weighted by atomic mass is 35.5. The zero-order valence-electron chi connectivity index (χ0n) is 23.7. The van der Waals surface area contributed by atoms with Gasteiger partial charge in [0.05, 0.1) is 16.4 Å². The van der Waals surface area contributed by atoms with Crippen LogP contribution in [0, 0.1) is 0 Å². The lowest BCUT2D eigenvalue weighted by molar-refractivity contribution is 0.101. The Balaban J connectivity index is 1.62. The number of fused-ring (bicyclic) bond motifs is 7. The number of aromatic nitrogens is 2. The second kappa shape index (κ2) is 8.96. The molecule has 0 saturated heterocycles. The summed E-state index contributed by atoms with van der Waals surface area (Å²) in [5.41, 5.74) is 3.58. The molecule has 0 aliphatic heterocycles. The fourth-order valence-electron chi connectivity index (χ4n) is 7.35. The van der Waals surface area contributed by atoms with Gasteiger partial charge in [0.1, 0.15) is 5.65 Å². The number of allylic oxidation sites excluding steroid dienone is 1. The fraction of sp³-hybridized carbons (Fsp3) is 0.0541. The largest absolute Gasteiger partial charge is 0.294 e. The van der Waals surface area contributed by atoms with Gasteiger partial charge in [-0.1, -0.05) is 82.8 Å². The minimum absolute atomic E-state index is 0.148. The summed E-state index contributed by atoms with van der Waals surface area (Å²) in [5, 5.41) is 9.90. The van der Waals surface area contributed by atoms with E-state index in [-0.39, 0.29) is 11.3 Å². The van der Waals surface area contributed by atoms with Gasteiger partial charge < -0.3 is 0 Å². The van der Waals surface area contributed by atoms with E-state index in [0.717, 1.165) is 21.9 Å². The summed E-state index contributed by atoms with van der Waals surface area (Å²) in [4.78, 5) is 32.4. The Labute approximate surface area is 274 Å². The molecule has 2 aromatic heterocycles. The first kappa shape index (κ1) is 27.1. The lowest BCUT2D eigenvalue weighted by Crippen LogP contribution is -2.13. The highest BCUT2D eigenvalue weighted by molar-refractivity contribution is 6.55. The monoisotopic (exact) mass is 662 g/mol. The van der Waals surface area contributed by atoms with E-state index in [1.54, 1.807) is 16.5 Å². The lowest BCUT2D eigenvalue weighted by Gasteiger charge is -2.22. The highest BCUT2D eigenvalue weighted by Crippen LogP contribution is 2.53. The third-order valence-electron chi connectivity index (χ3n) is 9.15. The first-order valence-electron chi connectivity index (χ1n) is 14.2. The standard InChI is InChI=1S/C37H18Cl4N2O2/c1-14(2)18-10-22(38)30-33-25(41)13-21-29-20(36-42-26-8-16-6-4-5-7-17(16)9-27(26)43(36)37(21)45)12-24(40)32(35(29)33)31-23(39)11-19(15(3)44)28(18)34(30)31/h4-13H,1H2,2-3H3. The molecule has 0 atom stereocenters. The first-order valence-corrected chi connectivity index (χ1v) is 15.7. The molecule has 0 radical (unpaired) electrons. The van der Waals surface area contributed by atoms with Crippen LogP contribution in [0.3, 0.4) is 0 Å². The van der Waals surface area contributed by atoms with Crippen molar-refractivity contribution in [2.24, 2.45) is 0 Å². The normalized spacial score (nSPS) is 12.5. The van der Waals surface area contributed by atoms with Gasteiger partial charge in [-0.15, -0.1) is 0 Å². The summed E-state index contributed by atoms with van der Waals surface area (Å²) in [7, 11) is 0. The van der Waals surface area contributed by atoms with Crippen molar-refractivity contribution in [3.63, 3.8) is 0 Å². The number of halogens is 4. The molecule has 0 spiro atoms. The molecule has 0 aliphatic rings. The van der Waals surface area contributed by atoms with E-state index in [1.807, 2.05) is 55.5 Å². The number of hydrogen-bond acceptors (Lipinski definition) is 3. The molecule has 2 heterocycles. The summed E-state index contributed by atoms with van der Waals surface area (Å²) in [5.74, 6) is -0.148. The predicted molar refractivity (Wildman–Crippen MR) is 191 cm³/mol. The van der Waals surface area contributed by atoms with Gasteiger partial charge in [-0.25, -0.2) is 4.98 Å². The van der Waals surface area contributed by atoms with Gasteiger partial charge in [0.2, 0.25) is 0 Å². The number of carbonyl (C=O) groups is 1. The van der Waals surface area contributed by atoms with Crippen LogP contribution in [0.2, 0.25) is 20.1 Å². The number of benzene rings is 7. The van der Waals surface area contributed by atoms with Crippen LogP contribution >= 0.6 is 46.4 Å². The second-order valence-corrected chi connectivity index (χ2v) is 13.4. The molecule has 9 rings (SSSR count). The molecule has 0 unspecified atom stereocenters. The van der Waals surface area contributed by atoms with Gasteiger partial charge in [-0.05, 0) is 66.6 Å². The van der Waals surface area contributed by atoms with Gasteiger partial charge in [-0.3, -0.25) is 14.0 Å². The van der Waals surface area contributed by atoms with Crippen molar-refractivity contribution in [1.29, 1.82) is 0 Å². The maximum Gasteiger partial charge on any atom is 0.264 e. The van der Waals surface area contributed by atoms with Crippen molar-refractivity contribution >= 4 is 139 Å². The second-order valence-electron chi connectivity index (χ2n) is 11.7. The average molecular weight is 664 g/mol. The van der Waals surface area contributed by atoms with Gasteiger partial charge >= 0.3 is 0 Å². The molecule has 0 saturated carbocycles. The Morgan fingerprint density at radius 3 is 1.80 bits per heavy atom. The molecule has 0 aliphatic carbocycles. The third kappa shape index (κ3) is 3.33. The summed E-state index contributed by atoms with van der Waals surface area (Å²) in [6.45, 7) is 7.54. The smallest absolute Gasteiger partial charge is 0.264 e. The van der Waals surface area contributed by atoms with Crippen molar-refractivity contribution < 1.29 is 4.79 Å². The molecule has 0 fully saturated rings. The van der Waals surface area contributed by atoms with Crippen LogP contribution in [0.15, 0.2) is 72.0 Å². The molecule has 0 N–H and O–H groups in total. The molecule has 45 heavy (non-hydrogen) atoms. The Kier molecular flexibility index (Phi) is 5.40. The number of ketones is 1. The van der Waals surface area contributed by atoms with E-state index in [1.165, 1.54) is 6.92 Å². The van der Waals surface area contributed by atoms with Gasteiger partial charge in [0, 0.05) is 74.1 Å². The maximum absolute atomic E-state index is 14.4. The van der Waals surface area contributed by atoms with Crippen molar-refractivity contribution in [1.82, 2.24) is 9.38 Å². The van der Waals surface area contributed by atoms with Crippen LogP contribution < -0.4 is 5.56 Å². The van der Waals surface area contributed by atoms with E-state index in [0.29, 0.717) is 96.2 Å². The van der Waals surface area contributed by atoms with Crippen LogP contribution in [-0.2, 0) is 0 Å². The number of rotatable bonds is 2. The average Bonchev–Trinajstić information content (AvgIpc) is 3.38. The van der Waals surface area contributed by atoms with E-state index in [9.17, 15) is 9.59 Å². The zero-order chi connectivity index (χ0) is 31.2. The number of nitrogens with zero attached hydrogens (tertiary/aromatic N) is 2. The van der Waals surface area contributed by atoms with Crippen LogP contribution in [0.25, 0.3) is 86.9 Å². The first-order chi connectivity index (χ1) is 21.6. The summed E-state index contributed by atoms with van der Waals surface area (Å²) in [6.07, 6.45) is 0. The van der Waals surface area contributed by atoms with Crippen molar-refractivity contribution in [2.45, 2.75) is 13.8 Å². The number of imidazole rings is 1. The fourth-order valence-corrected chi connectivity index (χ4v) is 8.54. The quantitative estimate of drug-likeness (QED) is 0.105. The van der Waals surface area contributed by atoms with Crippen LogP contribution in [0.4, 0.5) is 0 Å².